The van der Waals surface area contributed by atoms with Crippen LogP contribution in [0.2, 0.25) is 6.04 Å². The summed E-state index contributed by atoms with van der Waals surface area (Å²) in [5, 5.41) is 0. The molecule has 0 heterocycles. The van der Waals surface area contributed by atoms with E-state index in [1.54, 1.807) is 0 Å². The zero-order valence-corrected chi connectivity index (χ0v) is 9.39. The number of nitrogens with zero attached hydrogens (tertiary/aromatic N) is 1. The molecule has 1 fully saturated rings. The molecule has 0 amide bonds. The van der Waals surface area contributed by atoms with E-state index < -0.39 is 0 Å². The van der Waals surface area contributed by atoms with E-state index in [2.05, 4.69) is 18.4 Å². The van der Waals surface area contributed by atoms with Gasteiger partial charge >= 0.3 is 0 Å². The van der Waals surface area contributed by atoms with Gasteiger partial charge in [0, 0.05) is 6.04 Å². The van der Waals surface area contributed by atoms with Gasteiger partial charge < -0.3 is 4.57 Å². The standard InChI is InChI=1S/C9H21NSi/c1-3-10(11-4-2)9-7-5-6-8-9/h9H,3-8,11H2,1-2H3. The van der Waals surface area contributed by atoms with Crippen LogP contribution in [0.5, 0.6) is 0 Å². The highest BCUT2D eigenvalue weighted by atomic mass is 28.2. The van der Waals surface area contributed by atoms with E-state index in [-0.39, 0.29) is 9.68 Å². The van der Waals surface area contributed by atoms with Crippen molar-refractivity contribution in [1.29, 1.82) is 0 Å². The first kappa shape index (κ1) is 9.27. The van der Waals surface area contributed by atoms with Crippen LogP contribution in [0.1, 0.15) is 39.5 Å². The summed E-state index contributed by atoms with van der Waals surface area (Å²) >= 11 is 0. The normalized spacial score (nSPS) is 21.0. The lowest BCUT2D eigenvalue weighted by Crippen LogP contribution is -2.35. The maximum absolute atomic E-state index is 2.78. The second kappa shape index (κ2) is 4.94. The zero-order chi connectivity index (χ0) is 8.10. The third-order valence-corrected chi connectivity index (χ3v) is 4.74. The van der Waals surface area contributed by atoms with Crippen molar-refractivity contribution in [2.75, 3.05) is 6.54 Å². The molecule has 0 spiro atoms. The second-order valence-corrected chi connectivity index (χ2v) is 5.83. The topological polar surface area (TPSA) is 3.24 Å². The predicted octanol–water partition coefficient (Wildman–Crippen LogP) is 1.77. The second-order valence-electron chi connectivity index (χ2n) is 3.57. The van der Waals surface area contributed by atoms with E-state index in [0.29, 0.717) is 0 Å². The van der Waals surface area contributed by atoms with Crippen LogP contribution in [0, 0.1) is 0 Å². The van der Waals surface area contributed by atoms with E-state index >= 15 is 0 Å². The summed E-state index contributed by atoms with van der Waals surface area (Å²) in [6, 6.07) is 2.44. The summed E-state index contributed by atoms with van der Waals surface area (Å²) in [6.45, 7) is 5.97. The average molecular weight is 171 g/mol. The van der Waals surface area contributed by atoms with Crippen molar-refractivity contribution < 1.29 is 0 Å². The smallest absolute Gasteiger partial charge is 0.0951 e. The Bertz CT molecular complexity index is 99.7. The van der Waals surface area contributed by atoms with Crippen LogP contribution in [0.3, 0.4) is 0 Å². The largest absolute Gasteiger partial charge is 0.327 e. The van der Waals surface area contributed by atoms with Gasteiger partial charge in [-0.05, 0) is 19.4 Å². The Labute approximate surface area is 73.1 Å². The molecule has 0 bridgehead atoms. The molecule has 0 aromatic rings. The van der Waals surface area contributed by atoms with Crippen LogP contribution in [0.25, 0.3) is 0 Å². The summed E-state index contributed by atoms with van der Waals surface area (Å²) in [6.07, 6.45) is 5.94. The molecule has 0 atom stereocenters. The molecule has 1 nitrogen and oxygen atoms in total. The monoisotopic (exact) mass is 171 g/mol. The molecule has 0 aromatic heterocycles. The van der Waals surface area contributed by atoms with Crippen LogP contribution in [0.15, 0.2) is 0 Å². The van der Waals surface area contributed by atoms with Gasteiger partial charge in [-0.15, -0.1) is 0 Å². The van der Waals surface area contributed by atoms with Crippen molar-refractivity contribution in [3.8, 4) is 0 Å². The molecule has 1 aliphatic carbocycles. The third kappa shape index (κ3) is 2.60. The maximum Gasteiger partial charge on any atom is 0.0951 e. The van der Waals surface area contributed by atoms with Gasteiger partial charge in [0.2, 0.25) is 0 Å². The van der Waals surface area contributed by atoms with E-state index in [4.69, 9.17) is 0 Å². The van der Waals surface area contributed by atoms with Crippen molar-refractivity contribution in [3.05, 3.63) is 0 Å². The first-order valence-electron chi connectivity index (χ1n) is 5.12. The molecule has 0 aromatic carbocycles. The summed E-state index contributed by atoms with van der Waals surface area (Å²) in [4.78, 5) is 0. The zero-order valence-electron chi connectivity index (χ0n) is 7.97. The Hall–Kier alpha value is 0.177. The maximum atomic E-state index is 2.78. The van der Waals surface area contributed by atoms with Crippen LogP contribution in [-0.4, -0.2) is 26.8 Å². The Morgan fingerprint density at radius 1 is 1.27 bits per heavy atom. The first-order valence-corrected chi connectivity index (χ1v) is 6.75. The molecule has 0 saturated heterocycles. The van der Waals surface area contributed by atoms with Crippen LogP contribution < -0.4 is 0 Å². The van der Waals surface area contributed by atoms with Gasteiger partial charge in [-0.3, -0.25) is 0 Å². The quantitative estimate of drug-likeness (QED) is 0.583. The Kier molecular flexibility index (Phi) is 4.16. The SMILES string of the molecule is CC[SiH2]N(CC)C1CCCC1. The molecule has 11 heavy (non-hydrogen) atoms. The van der Waals surface area contributed by atoms with Crippen molar-refractivity contribution in [3.63, 3.8) is 0 Å². The fourth-order valence-corrected chi connectivity index (χ4v) is 3.78. The summed E-state index contributed by atoms with van der Waals surface area (Å²) in [5.74, 6) is 0. The highest BCUT2D eigenvalue weighted by Gasteiger charge is 2.19. The third-order valence-electron chi connectivity index (χ3n) is 2.76. The summed E-state index contributed by atoms with van der Waals surface area (Å²) in [5.41, 5.74) is 0. The number of rotatable bonds is 4. The van der Waals surface area contributed by atoms with E-state index in [1.165, 1.54) is 38.3 Å². The number of hydrogen-bond donors (Lipinski definition) is 0. The van der Waals surface area contributed by atoms with Gasteiger partial charge in [0.15, 0.2) is 0 Å². The van der Waals surface area contributed by atoms with Gasteiger partial charge in [0.05, 0.1) is 9.68 Å². The highest BCUT2D eigenvalue weighted by molar-refractivity contribution is 6.31. The molecule has 0 unspecified atom stereocenters. The Balaban J connectivity index is 2.27. The fraction of sp³-hybridized carbons (Fsp3) is 1.00. The summed E-state index contributed by atoms with van der Waals surface area (Å²) in [7, 11) is 0.140. The van der Waals surface area contributed by atoms with Crippen LogP contribution in [-0.2, 0) is 0 Å². The molecule has 1 aliphatic rings. The molecular weight excluding hydrogens is 150 g/mol. The molecule has 0 radical (unpaired) electrons. The molecule has 2 heteroatoms. The van der Waals surface area contributed by atoms with Gasteiger partial charge in [0.25, 0.3) is 0 Å². The Morgan fingerprint density at radius 3 is 2.36 bits per heavy atom. The minimum Gasteiger partial charge on any atom is -0.327 e. The van der Waals surface area contributed by atoms with Gasteiger partial charge in [-0.2, -0.15) is 0 Å². The Morgan fingerprint density at radius 2 is 1.91 bits per heavy atom. The minimum atomic E-state index is 0.140. The highest BCUT2D eigenvalue weighted by Crippen LogP contribution is 2.22. The van der Waals surface area contributed by atoms with Gasteiger partial charge in [-0.25, -0.2) is 0 Å². The summed E-state index contributed by atoms with van der Waals surface area (Å²) < 4.78 is 2.78. The number of hydrogen-bond acceptors (Lipinski definition) is 1. The predicted molar refractivity (Wildman–Crippen MR) is 53.7 cm³/mol. The van der Waals surface area contributed by atoms with Crippen molar-refractivity contribution >= 4 is 9.68 Å². The molecule has 1 saturated carbocycles. The van der Waals surface area contributed by atoms with E-state index in [0.717, 1.165) is 6.04 Å². The van der Waals surface area contributed by atoms with Crippen LogP contribution >= 0.6 is 0 Å². The molecule has 66 valence electrons. The lowest BCUT2D eigenvalue weighted by atomic mass is 10.2. The van der Waals surface area contributed by atoms with Gasteiger partial charge in [-0.1, -0.05) is 32.7 Å². The van der Waals surface area contributed by atoms with E-state index in [9.17, 15) is 0 Å². The lowest BCUT2D eigenvalue weighted by Gasteiger charge is -2.26. The van der Waals surface area contributed by atoms with Crippen molar-refractivity contribution in [2.24, 2.45) is 0 Å². The minimum absolute atomic E-state index is 0.140. The fourth-order valence-electron chi connectivity index (χ4n) is 2.16. The first-order chi connectivity index (χ1) is 5.38. The van der Waals surface area contributed by atoms with Crippen molar-refractivity contribution in [1.82, 2.24) is 4.57 Å². The molecule has 1 rings (SSSR count). The molecule has 0 N–H and O–H groups in total. The van der Waals surface area contributed by atoms with Crippen molar-refractivity contribution in [2.45, 2.75) is 51.6 Å². The molecule has 0 aliphatic heterocycles. The lowest BCUT2D eigenvalue weighted by molar-refractivity contribution is 0.348. The van der Waals surface area contributed by atoms with Crippen LogP contribution in [0.4, 0.5) is 0 Å². The average Bonchev–Trinajstić information content (AvgIpc) is 2.52. The van der Waals surface area contributed by atoms with Gasteiger partial charge in [0.1, 0.15) is 0 Å². The van der Waals surface area contributed by atoms with E-state index in [1.807, 2.05) is 0 Å². The molecular formula is C9H21NSi.